The SMILES string of the molecule is Cc1cccc(CC(=O)N2CCC(=O)N(CC3CC3)CC2)c1. The Balaban J connectivity index is 1.57. The lowest BCUT2D eigenvalue weighted by Gasteiger charge is -2.22. The Labute approximate surface area is 132 Å². The summed E-state index contributed by atoms with van der Waals surface area (Å²) in [5, 5.41) is 0. The van der Waals surface area contributed by atoms with Crippen LogP contribution in [-0.4, -0.2) is 47.8 Å². The second-order valence-corrected chi connectivity index (χ2v) is 6.58. The van der Waals surface area contributed by atoms with E-state index in [4.69, 9.17) is 0 Å². The number of carbonyl (C=O) groups excluding carboxylic acids is 2. The van der Waals surface area contributed by atoms with Gasteiger partial charge >= 0.3 is 0 Å². The zero-order chi connectivity index (χ0) is 15.5. The summed E-state index contributed by atoms with van der Waals surface area (Å²) < 4.78 is 0. The van der Waals surface area contributed by atoms with Crippen LogP contribution in [0, 0.1) is 12.8 Å². The van der Waals surface area contributed by atoms with Crippen LogP contribution in [0.25, 0.3) is 0 Å². The maximum atomic E-state index is 12.5. The van der Waals surface area contributed by atoms with Crippen LogP contribution in [0.4, 0.5) is 0 Å². The summed E-state index contributed by atoms with van der Waals surface area (Å²) in [4.78, 5) is 28.4. The van der Waals surface area contributed by atoms with E-state index in [0.717, 1.165) is 12.1 Å². The van der Waals surface area contributed by atoms with Crippen LogP contribution in [-0.2, 0) is 16.0 Å². The van der Waals surface area contributed by atoms with E-state index in [1.54, 1.807) is 0 Å². The summed E-state index contributed by atoms with van der Waals surface area (Å²) in [6.45, 7) is 4.84. The molecule has 4 heteroatoms. The summed E-state index contributed by atoms with van der Waals surface area (Å²) in [6.07, 6.45) is 3.39. The zero-order valence-electron chi connectivity index (χ0n) is 13.3. The minimum atomic E-state index is 0.131. The van der Waals surface area contributed by atoms with Gasteiger partial charge in [-0.3, -0.25) is 9.59 Å². The van der Waals surface area contributed by atoms with E-state index in [1.807, 2.05) is 34.9 Å². The van der Waals surface area contributed by atoms with Crippen LogP contribution in [0.5, 0.6) is 0 Å². The van der Waals surface area contributed by atoms with E-state index in [1.165, 1.54) is 18.4 Å². The zero-order valence-corrected chi connectivity index (χ0v) is 13.3. The van der Waals surface area contributed by atoms with Gasteiger partial charge in [0.25, 0.3) is 0 Å². The Morgan fingerprint density at radius 1 is 1.23 bits per heavy atom. The van der Waals surface area contributed by atoms with E-state index >= 15 is 0 Å². The fraction of sp³-hybridized carbons (Fsp3) is 0.556. The Morgan fingerprint density at radius 3 is 2.77 bits per heavy atom. The van der Waals surface area contributed by atoms with Crippen molar-refractivity contribution >= 4 is 11.8 Å². The number of nitrogens with zero attached hydrogens (tertiary/aromatic N) is 2. The van der Waals surface area contributed by atoms with Gasteiger partial charge in [0.2, 0.25) is 11.8 Å². The molecule has 1 saturated heterocycles. The van der Waals surface area contributed by atoms with Crippen molar-refractivity contribution in [2.45, 2.75) is 32.6 Å². The molecule has 0 aromatic heterocycles. The van der Waals surface area contributed by atoms with E-state index in [0.29, 0.717) is 38.4 Å². The maximum Gasteiger partial charge on any atom is 0.227 e. The number of benzene rings is 1. The predicted octanol–water partition coefficient (Wildman–Crippen LogP) is 2.01. The Hall–Kier alpha value is -1.84. The standard InChI is InChI=1S/C18H24N2O2/c1-14-3-2-4-16(11-14)12-18(22)19-8-7-17(21)20(10-9-19)13-15-5-6-15/h2-4,11,15H,5-10,12-13H2,1H3. The van der Waals surface area contributed by atoms with Gasteiger partial charge in [-0.2, -0.15) is 0 Å². The topological polar surface area (TPSA) is 40.6 Å². The van der Waals surface area contributed by atoms with Crippen LogP contribution >= 0.6 is 0 Å². The number of aryl methyl sites for hydroxylation is 1. The normalized spacial score (nSPS) is 19.2. The van der Waals surface area contributed by atoms with Gasteiger partial charge < -0.3 is 9.80 Å². The molecule has 2 aliphatic rings. The molecule has 22 heavy (non-hydrogen) atoms. The monoisotopic (exact) mass is 300 g/mol. The third kappa shape index (κ3) is 3.87. The second-order valence-electron chi connectivity index (χ2n) is 6.58. The number of amides is 2. The number of hydrogen-bond acceptors (Lipinski definition) is 2. The molecule has 0 bridgehead atoms. The van der Waals surface area contributed by atoms with Gasteiger partial charge in [0.1, 0.15) is 0 Å². The van der Waals surface area contributed by atoms with Gasteiger partial charge in [-0.1, -0.05) is 29.8 Å². The molecule has 1 aliphatic carbocycles. The molecule has 118 valence electrons. The Bertz CT molecular complexity index is 566. The average Bonchev–Trinajstić information content (AvgIpc) is 3.30. The van der Waals surface area contributed by atoms with Crippen molar-refractivity contribution < 1.29 is 9.59 Å². The van der Waals surface area contributed by atoms with E-state index < -0.39 is 0 Å². The fourth-order valence-corrected chi connectivity index (χ4v) is 3.03. The van der Waals surface area contributed by atoms with Crippen molar-refractivity contribution in [3.05, 3.63) is 35.4 Å². The molecule has 0 spiro atoms. The van der Waals surface area contributed by atoms with Crippen molar-refractivity contribution in [3.63, 3.8) is 0 Å². The van der Waals surface area contributed by atoms with Gasteiger partial charge in [-0.15, -0.1) is 0 Å². The van der Waals surface area contributed by atoms with Gasteiger partial charge in [-0.25, -0.2) is 0 Å². The summed E-state index contributed by atoms with van der Waals surface area (Å²) in [5.74, 6) is 1.04. The molecule has 0 radical (unpaired) electrons. The molecule has 1 saturated carbocycles. The molecule has 1 aliphatic heterocycles. The molecule has 0 unspecified atom stereocenters. The van der Waals surface area contributed by atoms with Crippen molar-refractivity contribution in [3.8, 4) is 0 Å². The Morgan fingerprint density at radius 2 is 2.05 bits per heavy atom. The third-order valence-electron chi connectivity index (χ3n) is 4.55. The van der Waals surface area contributed by atoms with Gasteiger partial charge in [-0.05, 0) is 31.2 Å². The van der Waals surface area contributed by atoms with Crippen molar-refractivity contribution in [1.82, 2.24) is 9.80 Å². The van der Waals surface area contributed by atoms with Crippen LogP contribution in [0.15, 0.2) is 24.3 Å². The minimum Gasteiger partial charge on any atom is -0.341 e. The molecule has 1 aromatic rings. The Kier molecular flexibility index (Phi) is 4.46. The highest BCUT2D eigenvalue weighted by atomic mass is 16.2. The highest BCUT2D eigenvalue weighted by Crippen LogP contribution is 2.30. The summed E-state index contributed by atoms with van der Waals surface area (Å²) in [5.41, 5.74) is 2.22. The van der Waals surface area contributed by atoms with Crippen LogP contribution < -0.4 is 0 Å². The van der Waals surface area contributed by atoms with Gasteiger partial charge in [0, 0.05) is 32.6 Å². The first-order valence-corrected chi connectivity index (χ1v) is 8.23. The second kappa shape index (κ2) is 6.51. The summed E-state index contributed by atoms with van der Waals surface area (Å²) >= 11 is 0. The lowest BCUT2D eigenvalue weighted by molar-refractivity contribution is -0.130. The molecule has 1 heterocycles. The number of carbonyl (C=O) groups is 2. The van der Waals surface area contributed by atoms with E-state index in [-0.39, 0.29) is 11.8 Å². The highest BCUT2D eigenvalue weighted by Gasteiger charge is 2.29. The molecule has 2 fully saturated rings. The molecule has 3 rings (SSSR count). The lowest BCUT2D eigenvalue weighted by atomic mass is 10.1. The summed E-state index contributed by atoms with van der Waals surface area (Å²) in [7, 11) is 0. The molecule has 2 amide bonds. The van der Waals surface area contributed by atoms with E-state index in [2.05, 4.69) is 6.07 Å². The first kappa shape index (κ1) is 15.1. The third-order valence-corrected chi connectivity index (χ3v) is 4.55. The smallest absolute Gasteiger partial charge is 0.227 e. The van der Waals surface area contributed by atoms with Crippen LogP contribution in [0.1, 0.15) is 30.4 Å². The lowest BCUT2D eigenvalue weighted by Crippen LogP contribution is -2.37. The molecule has 4 nitrogen and oxygen atoms in total. The molecular formula is C18H24N2O2. The largest absolute Gasteiger partial charge is 0.341 e. The van der Waals surface area contributed by atoms with Crippen molar-refractivity contribution in [1.29, 1.82) is 0 Å². The minimum absolute atomic E-state index is 0.131. The molecule has 0 atom stereocenters. The summed E-state index contributed by atoms with van der Waals surface area (Å²) in [6, 6.07) is 8.07. The van der Waals surface area contributed by atoms with Gasteiger partial charge in [0.15, 0.2) is 0 Å². The molecular weight excluding hydrogens is 276 g/mol. The first-order valence-electron chi connectivity index (χ1n) is 8.23. The maximum absolute atomic E-state index is 12.5. The molecule has 1 aromatic carbocycles. The van der Waals surface area contributed by atoms with Crippen LogP contribution in [0.2, 0.25) is 0 Å². The van der Waals surface area contributed by atoms with Crippen LogP contribution in [0.3, 0.4) is 0 Å². The number of rotatable bonds is 4. The quantitative estimate of drug-likeness (QED) is 0.853. The average molecular weight is 300 g/mol. The van der Waals surface area contributed by atoms with E-state index in [9.17, 15) is 9.59 Å². The fourth-order valence-electron chi connectivity index (χ4n) is 3.03. The number of hydrogen-bond donors (Lipinski definition) is 0. The predicted molar refractivity (Wildman–Crippen MR) is 85.4 cm³/mol. The molecule has 0 N–H and O–H groups in total. The highest BCUT2D eigenvalue weighted by molar-refractivity contribution is 5.81. The van der Waals surface area contributed by atoms with Crippen molar-refractivity contribution in [2.24, 2.45) is 5.92 Å². The first-order chi connectivity index (χ1) is 10.6. The van der Waals surface area contributed by atoms with Crippen molar-refractivity contribution in [2.75, 3.05) is 26.2 Å². The van der Waals surface area contributed by atoms with Gasteiger partial charge in [0.05, 0.1) is 6.42 Å².